The number of carbonyl (C=O) groups is 2. The van der Waals surface area contributed by atoms with Gasteiger partial charge in [-0.3, -0.25) is 15.0 Å². The van der Waals surface area contributed by atoms with Gasteiger partial charge in [0.25, 0.3) is 0 Å². The molecule has 3 N–H and O–H groups in total. The second kappa shape index (κ2) is 7.24. The van der Waals surface area contributed by atoms with Gasteiger partial charge in [-0.15, -0.1) is 0 Å². The molecule has 0 aliphatic carbocycles. The lowest BCUT2D eigenvalue weighted by atomic mass is 9.98. The number of rotatable bonds is 4. The van der Waals surface area contributed by atoms with Crippen LogP contribution in [0.25, 0.3) is 0 Å². The summed E-state index contributed by atoms with van der Waals surface area (Å²) in [6.07, 6.45) is 2.31. The SMILES string of the molecule is CNCC1CCCN(CC(=O)NC(=O)NC)C1. The number of hydrogen-bond donors (Lipinski definition) is 3. The van der Waals surface area contributed by atoms with Gasteiger partial charge >= 0.3 is 6.03 Å². The van der Waals surface area contributed by atoms with Crippen molar-refractivity contribution in [1.82, 2.24) is 20.9 Å². The summed E-state index contributed by atoms with van der Waals surface area (Å²) in [6.45, 7) is 3.13. The zero-order chi connectivity index (χ0) is 12.7. The second-order valence-corrected chi connectivity index (χ2v) is 4.43. The molecular formula is C11H22N4O2. The molecule has 3 amide bonds. The molecule has 0 bridgehead atoms. The van der Waals surface area contributed by atoms with Crippen LogP contribution in [0.4, 0.5) is 4.79 Å². The van der Waals surface area contributed by atoms with Gasteiger partial charge in [0.05, 0.1) is 6.54 Å². The van der Waals surface area contributed by atoms with Crippen molar-refractivity contribution in [3.63, 3.8) is 0 Å². The third-order valence-corrected chi connectivity index (χ3v) is 2.94. The van der Waals surface area contributed by atoms with E-state index in [0.29, 0.717) is 12.5 Å². The summed E-state index contributed by atoms with van der Waals surface area (Å²) in [7, 11) is 3.43. The van der Waals surface area contributed by atoms with Crippen molar-refractivity contribution in [2.75, 3.05) is 40.3 Å². The van der Waals surface area contributed by atoms with Crippen LogP contribution in [-0.4, -0.2) is 57.1 Å². The molecule has 1 aliphatic rings. The minimum atomic E-state index is -0.446. The average molecular weight is 242 g/mol. The Morgan fingerprint density at radius 3 is 2.76 bits per heavy atom. The Kier molecular flexibility index (Phi) is 5.93. The number of nitrogens with zero attached hydrogens (tertiary/aromatic N) is 1. The van der Waals surface area contributed by atoms with E-state index in [1.165, 1.54) is 13.5 Å². The van der Waals surface area contributed by atoms with E-state index in [4.69, 9.17) is 0 Å². The van der Waals surface area contributed by atoms with Crippen LogP contribution in [0.5, 0.6) is 0 Å². The summed E-state index contributed by atoms with van der Waals surface area (Å²) < 4.78 is 0. The molecule has 1 heterocycles. The third-order valence-electron chi connectivity index (χ3n) is 2.94. The van der Waals surface area contributed by atoms with Gasteiger partial charge in [0, 0.05) is 13.6 Å². The number of likely N-dealkylation sites (tertiary alicyclic amines) is 1. The first-order valence-electron chi connectivity index (χ1n) is 6.04. The highest BCUT2D eigenvalue weighted by Gasteiger charge is 2.21. The Morgan fingerprint density at radius 2 is 2.12 bits per heavy atom. The minimum Gasteiger partial charge on any atom is -0.341 e. The van der Waals surface area contributed by atoms with Gasteiger partial charge in [-0.25, -0.2) is 4.79 Å². The zero-order valence-corrected chi connectivity index (χ0v) is 10.6. The van der Waals surface area contributed by atoms with Crippen LogP contribution in [-0.2, 0) is 4.79 Å². The molecule has 1 unspecified atom stereocenters. The lowest BCUT2D eigenvalue weighted by Crippen LogP contribution is -2.47. The first kappa shape index (κ1) is 13.9. The van der Waals surface area contributed by atoms with E-state index in [1.54, 1.807) is 0 Å². The molecule has 0 radical (unpaired) electrons. The fourth-order valence-electron chi connectivity index (χ4n) is 2.18. The fraction of sp³-hybridized carbons (Fsp3) is 0.818. The Morgan fingerprint density at radius 1 is 1.35 bits per heavy atom. The maximum absolute atomic E-state index is 11.5. The van der Waals surface area contributed by atoms with Crippen LogP contribution in [0.1, 0.15) is 12.8 Å². The number of carbonyl (C=O) groups excluding carboxylic acids is 2. The molecule has 6 heteroatoms. The maximum atomic E-state index is 11.5. The van der Waals surface area contributed by atoms with Gasteiger partial charge in [0.15, 0.2) is 0 Å². The summed E-state index contributed by atoms with van der Waals surface area (Å²) in [5, 5.41) is 7.80. The highest BCUT2D eigenvalue weighted by Crippen LogP contribution is 2.14. The molecule has 17 heavy (non-hydrogen) atoms. The van der Waals surface area contributed by atoms with Gasteiger partial charge in [-0.2, -0.15) is 0 Å². The van der Waals surface area contributed by atoms with Gasteiger partial charge in [-0.05, 0) is 38.9 Å². The molecule has 1 saturated heterocycles. The molecule has 1 rings (SSSR count). The van der Waals surface area contributed by atoms with Crippen LogP contribution in [0.2, 0.25) is 0 Å². The van der Waals surface area contributed by atoms with Crippen molar-refractivity contribution in [3.8, 4) is 0 Å². The van der Waals surface area contributed by atoms with Crippen LogP contribution >= 0.6 is 0 Å². The lowest BCUT2D eigenvalue weighted by molar-refractivity contribution is -0.121. The van der Waals surface area contributed by atoms with Gasteiger partial charge in [-0.1, -0.05) is 0 Å². The largest absolute Gasteiger partial charge is 0.341 e. The predicted molar refractivity (Wildman–Crippen MR) is 65.7 cm³/mol. The first-order valence-corrected chi connectivity index (χ1v) is 6.04. The molecule has 0 saturated carbocycles. The van der Waals surface area contributed by atoms with Crippen molar-refractivity contribution in [1.29, 1.82) is 0 Å². The van der Waals surface area contributed by atoms with Gasteiger partial charge in [0.1, 0.15) is 0 Å². The molecule has 0 aromatic heterocycles. The molecule has 0 aromatic rings. The van der Waals surface area contributed by atoms with Gasteiger partial charge < -0.3 is 10.6 Å². The summed E-state index contributed by atoms with van der Waals surface area (Å²) in [5.74, 6) is 0.357. The van der Waals surface area contributed by atoms with E-state index in [1.807, 2.05) is 7.05 Å². The zero-order valence-electron chi connectivity index (χ0n) is 10.6. The lowest BCUT2D eigenvalue weighted by Gasteiger charge is -2.31. The summed E-state index contributed by atoms with van der Waals surface area (Å²) in [4.78, 5) is 24.6. The molecule has 1 fully saturated rings. The van der Waals surface area contributed by atoms with Crippen molar-refractivity contribution >= 4 is 11.9 Å². The van der Waals surface area contributed by atoms with Crippen LogP contribution in [0.15, 0.2) is 0 Å². The highest BCUT2D eigenvalue weighted by atomic mass is 16.2. The first-order chi connectivity index (χ1) is 8.15. The number of hydrogen-bond acceptors (Lipinski definition) is 4. The predicted octanol–water partition coefficient (Wildman–Crippen LogP) is -0.627. The molecule has 0 aromatic carbocycles. The van der Waals surface area contributed by atoms with Gasteiger partial charge in [0.2, 0.25) is 5.91 Å². The van der Waals surface area contributed by atoms with Crippen molar-refractivity contribution in [2.24, 2.45) is 5.92 Å². The Hall–Kier alpha value is -1.14. The van der Waals surface area contributed by atoms with E-state index in [0.717, 1.165) is 26.1 Å². The van der Waals surface area contributed by atoms with Crippen LogP contribution in [0.3, 0.4) is 0 Å². The van der Waals surface area contributed by atoms with Crippen molar-refractivity contribution in [3.05, 3.63) is 0 Å². The Labute approximate surface area is 102 Å². The standard InChI is InChI=1S/C11H22N4O2/c1-12-6-9-4-3-5-15(7-9)8-10(16)14-11(17)13-2/h9,12H,3-8H2,1-2H3,(H2,13,14,16,17). The van der Waals surface area contributed by atoms with Crippen LogP contribution < -0.4 is 16.0 Å². The fourth-order valence-corrected chi connectivity index (χ4v) is 2.18. The quantitative estimate of drug-likeness (QED) is 0.614. The minimum absolute atomic E-state index is 0.241. The second-order valence-electron chi connectivity index (χ2n) is 4.43. The van der Waals surface area contributed by atoms with E-state index in [-0.39, 0.29) is 5.91 Å². The Balaban J connectivity index is 2.30. The smallest absolute Gasteiger partial charge is 0.321 e. The van der Waals surface area contributed by atoms with E-state index in [2.05, 4.69) is 20.9 Å². The number of nitrogens with one attached hydrogen (secondary N) is 3. The van der Waals surface area contributed by atoms with E-state index in [9.17, 15) is 9.59 Å². The summed E-state index contributed by atoms with van der Waals surface area (Å²) >= 11 is 0. The molecule has 98 valence electrons. The molecular weight excluding hydrogens is 220 g/mol. The number of amides is 3. The topological polar surface area (TPSA) is 73.5 Å². The Bertz CT molecular complexity index is 268. The van der Waals surface area contributed by atoms with Crippen molar-refractivity contribution in [2.45, 2.75) is 12.8 Å². The molecule has 0 spiro atoms. The number of urea groups is 1. The highest BCUT2D eigenvalue weighted by molar-refractivity contribution is 5.95. The van der Waals surface area contributed by atoms with Crippen molar-refractivity contribution < 1.29 is 9.59 Å². The normalized spacial score (nSPS) is 20.9. The average Bonchev–Trinajstić information content (AvgIpc) is 2.29. The molecule has 1 atom stereocenters. The molecule has 6 nitrogen and oxygen atoms in total. The maximum Gasteiger partial charge on any atom is 0.321 e. The number of imide groups is 1. The van der Waals surface area contributed by atoms with E-state index >= 15 is 0 Å². The summed E-state index contributed by atoms with van der Waals surface area (Å²) in [6, 6.07) is -0.446. The number of piperidine rings is 1. The third kappa shape index (κ3) is 5.14. The van der Waals surface area contributed by atoms with E-state index < -0.39 is 6.03 Å². The molecule has 1 aliphatic heterocycles. The summed E-state index contributed by atoms with van der Waals surface area (Å²) in [5.41, 5.74) is 0. The monoisotopic (exact) mass is 242 g/mol. The van der Waals surface area contributed by atoms with Crippen LogP contribution in [0, 0.1) is 5.92 Å².